The molecule has 0 spiro atoms. The first-order valence-corrected chi connectivity index (χ1v) is 7.34. The van der Waals surface area contributed by atoms with Crippen LogP contribution >= 0.6 is 11.8 Å². The van der Waals surface area contributed by atoms with Crippen LogP contribution in [-0.4, -0.2) is 28.2 Å². The summed E-state index contributed by atoms with van der Waals surface area (Å²) in [6.45, 7) is 1.76. The minimum absolute atomic E-state index is 0.0154. The topological polar surface area (TPSA) is 61.2 Å². The SMILES string of the molecule is COc1ccc(C(=O)CSc2nc(C)cc(=O)n2C)cc1. The molecule has 0 fully saturated rings. The third-order valence-electron chi connectivity index (χ3n) is 2.97. The van der Waals surface area contributed by atoms with E-state index in [1.165, 1.54) is 22.4 Å². The molecule has 0 saturated heterocycles. The lowest BCUT2D eigenvalue weighted by atomic mass is 10.1. The molecular weight excluding hydrogens is 288 g/mol. The average molecular weight is 304 g/mol. The Morgan fingerprint density at radius 3 is 2.62 bits per heavy atom. The molecule has 0 aliphatic heterocycles. The summed E-state index contributed by atoms with van der Waals surface area (Å²) >= 11 is 1.26. The van der Waals surface area contributed by atoms with Crippen molar-refractivity contribution >= 4 is 17.5 Å². The number of hydrogen-bond acceptors (Lipinski definition) is 5. The van der Waals surface area contributed by atoms with Gasteiger partial charge in [-0.1, -0.05) is 11.8 Å². The van der Waals surface area contributed by atoms with Crippen molar-refractivity contribution in [2.75, 3.05) is 12.9 Å². The van der Waals surface area contributed by atoms with Crippen LogP contribution in [0.4, 0.5) is 0 Å². The van der Waals surface area contributed by atoms with Gasteiger partial charge in [-0.05, 0) is 31.2 Å². The van der Waals surface area contributed by atoms with Crippen molar-refractivity contribution in [2.45, 2.75) is 12.1 Å². The van der Waals surface area contributed by atoms with Gasteiger partial charge in [0.15, 0.2) is 10.9 Å². The molecular formula is C15H16N2O3S. The number of benzene rings is 1. The summed E-state index contributed by atoms with van der Waals surface area (Å²) in [6, 6.07) is 8.42. The number of methoxy groups -OCH3 is 1. The molecule has 21 heavy (non-hydrogen) atoms. The van der Waals surface area contributed by atoms with Gasteiger partial charge in [0.05, 0.1) is 12.9 Å². The second-order valence-corrected chi connectivity index (χ2v) is 5.46. The highest BCUT2D eigenvalue weighted by molar-refractivity contribution is 7.99. The summed E-state index contributed by atoms with van der Waals surface area (Å²) in [5.74, 6) is 0.927. The fourth-order valence-electron chi connectivity index (χ4n) is 1.75. The Morgan fingerprint density at radius 1 is 1.33 bits per heavy atom. The number of ether oxygens (including phenoxy) is 1. The number of aryl methyl sites for hydroxylation is 1. The predicted molar refractivity (Wildman–Crippen MR) is 82.3 cm³/mol. The predicted octanol–water partition coefficient (Wildman–Crippen LogP) is 2.07. The van der Waals surface area contributed by atoms with E-state index in [1.807, 2.05) is 0 Å². The number of carbonyl (C=O) groups is 1. The van der Waals surface area contributed by atoms with Crippen molar-refractivity contribution in [3.8, 4) is 5.75 Å². The molecule has 0 saturated carbocycles. The van der Waals surface area contributed by atoms with Gasteiger partial charge in [0, 0.05) is 24.4 Å². The molecule has 1 aromatic heterocycles. The minimum atomic E-state index is -0.123. The first-order valence-electron chi connectivity index (χ1n) is 6.36. The van der Waals surface area contributed by atoms with Gasteiger partial charge in [-0.3, -0.25) is 14.2 Å². The van der Waals surface area contributed by atoms with Crippen LogP contribution in [0.2, 0.25) is 0 Å². The van der Waals surface area contributed by atoms with Crippen LogP contribution in [0.15, 0.2) is 40.3 Å². The van der Waals surface area contributed by atoms with Gasteiger partial charge in [-0.15, -0.1) is 0 Å². The van der Waals surface area contributed by atoms with E-state index in [1.54, 1.807) is 45.3 Å². The Bertz CT molecular complexity index is 708. The van der Waals surface area contributed by atoms with Crippen molar-refractivity contribution in [3.63, 3.8) is 0 Å². The fraction of sp³-hybridized carbons (Fsp3) is 0.267. The lowest BCUT2D eigenvalue weighted by Crippen LogP contribution is -2.20. The van der Waals surface area contributed by atoms with E-state index in [-0.39, 0.29) is 17.1 Å². The molecule has 5 nitrogen and oxygen atoms in total. The van der Waals surface area contributed by atoms with Crippen LogP contribution < -0.4 is 10.3 Å². The zero-order valence-corrected chi connectivity index (χ0v) is 12.9. The maximum Gasteiger partial charge on any atom is 0.254 e. The molecule has 0 N–H and O–H groups in total. The molecule has 0 amide bonds. The van der Waals surface area contributed by atoms with Crippen LogP contribution in [0.3, 0.4) is 0 Å². The number of carbonyl (C=O) groups excluding carboxylic acids is 1. The van der Waals surface area contributed by atoms with Crippen molar-refractivity contribution in [3.05, 3.63) is 51.9 Å². The van der Waals surface area contributed by atoms with E-state index in [2.05, 4.69) is 4.98 Å². The van der Waals surface area contributed by atoms with Gasteiger partial charge in [-0.2, -0.15) is 0 Å². The summed E-state index contributed by atoms with van der Waals surface area (Å²) < 4.78 is 6.50. The molecule has 0 aliphatic rings. The molecule has 0 radical (unpaired) electrons. The zero-order valence-electron chi connectivity index (χ0n) is 12.1. The highest BCUT2D eigenvalue weighted by atomic mass is 32.2. The second-order valence-electron chi connectivity index (χ2n) is 4.52. The monoisotopic (exact) mass is 304 g/mol. The van der Waals surface area contributed by atoms with Gasteiger partial charge in [0.2, 0.25) is 0 Å². The highest BCUT2D eigenvalue weighted by Crippen LogP contribution is 2.17. The number of thioether (sulfide) groups is 1. The number of hydrogen-bond donors (Lipinski definition) is 0. The minimum Gasteiger partial charge on any atom is -0.497 e. The van der Waals surface area contributed by atoms with Crippen molar-refractivity contribution in [2.24, 2.45) is 7.05 Å². The summed E-state index contributed by atoms with van der Waals surface area (Å²) in [5.41, 5.74) is 1.14. The van der Waals surface area contributed by atoms with Gasteiger partial charge in [0.25, 0.3) is 5.56 Å². The molecule has 6 heteroatoms. The van der Waals surface area contributed by atoms with E-state index >= 15 is 0 Å². The molecule has 0 atom stereocenters. The molecule has 0 unspecified atom stereocenters. The Kier molecular flexibility index (Phi) is 4.80. The lowest BCUT2D eigenvalue weighted by Gasteiger charge is -2.07. The molecule has 110 valence electrons. The summed E-state index contributed by atoms with van der Waals surface area (Å²) in [4.78, 5) is 28.1. The van der Waals surface area contributed by atoms with Crippen molar-refractivity contribution < 1.29 is 9.53 Å². The van der Waals surface area contributed by atoms with Crippen molar-refractivity contribution in [1.82, 2.24) is 9.55 Å². The standard InChI is InChI=1S/C15H16N2O3S/c1-10-8-14(19)17(2)15(16-10)21-9-13(18)11-4-6-12(20-3)7-5-11/h4-8H,9H2,1-3H3. The normalized spacial score (nSPS) is 10.4. The average Bonchev–Trinajstić information content (AvgIpc) is 2.49. The van der Waals surface area contributed by atoms with E-state index in [4.69, 9.17) is 4.74 Å². The van der Waals surface area contributed by atoms with Gasteiger partial charge < -0.3 is 4.74 Å². The maximum atomic E-state index is 12.1. The van der Waals surface area contributed by atoms with Crippen molar-refractivity contribution in [1.29, 1.82) is 0 Å². The molecule has 1 aromatic carbocycles. The van der Waals surface area contributed by atoms with Crippen LogP contribution in [0.5, 0.6) is 5.75 Å². The smallest absolute Gasteiger partial charge is 0.254 e. The molecule has 1 heterocycles. The van der Waals surface area contributed by atoms with E-state index in [9.17, 15) is 9.59 Å². The quantitative estimate of drug-likeness (QED) is 0.481. The molecule has 0 aliphatic carbocycles. The largest absolute Gasteiger partial charge is 0.497 e. The summed E-state index contributed by atoms with van der Waals surface area (Å²) in [6.07, 6.45) is 0. The highest BCUT2D eigenvalue weighted by Gasteiger charge is 2.10. The van der Waals surface area contributed by atoms with E-state index in [0.29, 0.717) is 22.2 Å². The Hall–Kier alpha value is -2.08. The van der Waals surface area contributed by atoms with E-state index in [0.717, 1.165) is 0 Å². The number of ketones is 1. The Labute approximate surface area is 127 Å². The maximum absolute atomic E-state index is 12.1. The third kappa shape index (κ3) is 3.72. The lowest BCUT2D eigenvalue weighted by molar-refractivity contribution is 0.102. The number of Topliss-reactive ketones (excluding diaryl/α,β-unsaturated/α-hetero) is 1. The Balaban J connectivity index is 2.09. The van der Waals surface area contributed by atoms with E-state index < -0.39 is 0 Å². The van der Waals surface area contributed by atoms with Gasteiger partial charge >= 0.3 is 0 Å². The Morgan fingerprint density at radius 2 is 2.00 bits per heavy atom. The number of rotatable bonds is 5. The van der Waals surface area contributed by atoms with Crippen LogP contribution in [0, 0.1) is 6.92 Å². The summed E-state index contributed by atoms with van der Waals surface area (Å²) in [7, 11) is 3.23. The van der Waals surface area contributed by atoms with Gasteiger partial charge in [0.1, 0.15) is 5.75 Å². The van der Waals surface area contributed by atoms with Gasteiger partial charge in [-0.25, -0.2) is 4.98 Å². The second kappa shape index (κ2) is 6.58. The van der Waals surface area contributed by atoms with Crippen LogP contribution in [0.1, 0.15) is 16.1 Å². The summed E-state index contributed by atoms with van der Waals surface area (Å²) in [5, 5.41) is 0.543. The molecule has 2 aromatic rings. The first kappa shape index (κ1) is 15.3. The fourth-order valence-corrected chi connectivity index (χ4v) is 2.67. The first-order chi connectivity index (χ1) is 10.0. The van der Waals surface area contributed by atoms with Crippen LogP contribution in [-0.2, 0) is 7.05 Å². The molecule has 0 bridgehead atoms. The molecule has 2 rings (SSSR count). The number of aromatic nitrogens is 2. The van der Waals surface area contributed by atoms with Crippen LogP contribution in [0.25, 0.3) is 0 Å². The number of nitrogens with zero attached hydrogens (tertiary/aromatic N) is 2. The third-order valence-corrected chi connectivity index (χ3v) is 4.00. The zero-order chi connectivity index (χ0) is 15.4.